The molecule has 0 aromatic heterocycles. The minimum Gasteiger partial charge on any atom is -0.315 e. The van der Waals surface area contributed by atoms with Crippen molar-refractivity contribution in [3.05, 3.63) is 34.6 Å². The van der Waals surface area contributed by atoms with Gasteiger partial charge in [-0.25, -0.2) is 4.39 Å². The largest absolute Gasteiger partial charge is 0.315 e. The first-order valence-electron chi connectivity index (χ1n) is 5.29. The molecule has 0 heterocycles. The van der Waals surface area contributed by atoms with E-state index in [1.165, 1.54) is 6.07 Å². The summed E-state index contributed by atoms with van der Waals surface area (Å²) in [6, 6.07) is 5.23. The van der Waals surface area contributed by atoms with Gasteiger partial charge >= 0.3 is 0 Å². The van der Waals surface area contributed by atoms with Crippen molar-refractivity contribution in [2.75, 3.05) is 27.7 Å². The first-order chi connectivity index (χ1) is 7.52. The van der Waals surface area contributed by atoms with Gasteiger partial charge in [-0.2, -0.15) is 0 Å². The number of hydrogen-bond acceptors (Lipinski definition) is 2. The molecule has 1 rings (SSSR count). The Hall–Kier alpha value is -0.640. The summed E-state index contributed by atoms with van der Waals surface area (Å²) < 4.78 is 13.0. The van der Waals surface area contributed by atoms with Crippen LogP contribution in [0.1, 0.15) is 5.56 Å². The molecule has 0 spiro atoms. The molecule has 1 aromatic carbocycles. The van der Waals surface area contributed by atoms with Crippen LogP contribution in [-0.4, -0.2) is 38.6 Å². The quantitative estimate of drug-likeness (QED) is 0.854. The van der Waals surface area contributed by atoms with Crippen LogP contribution < -0.4 is 5.32 Å². The Kier molecular flexibility index (Phi) is 5.19. The summed E-state index contributed by atoms with van der Waals surface area (Å²) in [4.78, 5) is 2.12. The average Bonchev–Trinajstić information content (AvgIpc) is 2.22. The van der Waals surface area contributed by atoms with E-state index in [-0.39, 0.29) is 10.8 Å². The van der Waals surface area contributed by atoms with Crippen molar-refractivity contribution >= 4 is 11.6 Å². The van der Waals surface area contributed by atoms with Crippen LogP contribution in [0.25, 0.3) is 0 Å². The lowest BCUT2D eigenvalue weighted by molar-refractivity contribution is 0.346. The number of benzene rings is 1. The summed E-state index contributed by atoms with van der Waals surface area (Å²) in [7, 11) is 5.99. The first kappa shape index (κ1) is 13.4. The fraction of sp³-hybridized carbons (Fsp3) is 0.500. The van der Waals surface area contributed by atoms with E-state index in [2.05, 4.69) is 10.2 Å². The van der Waals surface area contributed by atoms with E-state index in [9.17, 15) is 4.39 Å². The molecule has 4 heteroatoms. The van der Waals surface area contributed by atoms with Gasteiger partial charge in [0.15, 0.2) is 0 Å². The molecule has 0 radical (unpaired) electrons. The fourth-order valence-electron chi connectivity index (χ4n) is 1.65. The highest BCUT2D eigenvalue weighted by atomic mass is 35.5. The van der Waals surface area contributed by atoms with Gasteiger partial charge in [0.25, 0.3) is 0 Å². The summed E-state index contributed by atoms with van der Waals surface area (Å²) in [5.41, 5.74) is 1.05. The van der Waals surface area contributed by atoms with E-state index >= 15 is 0 Å². The van der Waals surface area contributed by atoms with Crippen LogP contribution in [0.4, 0.5) is 4.39 Å². The average molecular weight is 245 g/mol. The van der Waals surface area contributed by atoms with Gasteiger partial charge in [0.2, 0.25) is 0 Å². The van der Waals surface area contributed by atoms with Gasteiger partial charge in [-0.05, 0) is 45.3 Å². The molecule has 0 bridgehead atoms. The number of hydrogen-bond donors (Lipinski definition) is 1. The highest BCUT2D eigenvalue weighted by Crippen LogP contribution is 2.17. The molecule has 16 heavy (non-hydrogen) atoms. The standard InChI is InChI=1S/C12H18ClFN2/c1-15-10(8-16(2)3)6-9-4-5-12(14)11(13)7-9/h4-5,7,10,15H,6,8H2,1-3H3. The molecule has 0 aliphatic heterocycles. The molecule has 1 aromatic rings. The van der Waals surface area contributed by atoms with Crippen LogP contribution in [-0.2, 0) is 6.42 Å². The molecule has 2 nitrogen and oxygen atoms in total. The Bertz CT molecular complexity index is 342. The molecule has 0 aliphatic rings. The van der Waals surface area contributed by atoms with Crippen molar-refractivity contribution in [3.63, 3.8) is 0 Å². The summed E-state index contributed by atoms with van der Waals surface area (Å²) >= 11 is 5.74. The lowest BCUT2D eigenvalue weighted by Gasteiger charge is -2.20. The lowest BCUT2D eigenvalue weighted by atomic mass is 10.1. The van der Waals surface area contributed by atoms with Crippen LogP contribution in [0.15, 0.2) is 18.2 Å². The van der Waals surface area contributed by atoms with Gasteiger partial charge in [0.1, 0.15) is 5.82 Å². The van der Waals surface area contributed by atoms with Gasteiger partial charge in [-0.3, -0.25) is 0 Å². The molecular weight excluding hydrogens is 227 g/mol. The van der Waals surface area contributed by atoms with Crippen LogP contribution in [0, 0.1) is 5.82 Å². The topological polar surface area (TPSA) is 15.3 Å². The molecule has 90 valence electrons. The van der Waals surface area contributed by atoms with E-state index < -0.39 is 0 Å². The maximum absolute atomic E-state index is 13.0. The Morgan fingerprint density at radius 3 is 2.62 bits per heavy atom. The number of halogens is 2. The zero-order valence-corrected chi connectivity index (χ0v) is 10.7. The van der Waals surface area contributed by atoms with Crippen molar-refractivity contribution in [1.29, 1.82) is 0 Å². The summed E-state index contributed by atoms with van der Waals surface area (Å²) in [6.45, 7) is 0.936. The minimum atomic E-state index is -0.362. The van der Waals surface area contributed by atoms with Gasteiger partial charge in [0, 0.05) is 12.6 Å². The summed E-state index contributed by atoms with van der Waals surface area (Å²) in [5.74, 6) is -0.362. The highest BCUT2D eigenvalue weighted by Gasteiger charge is 2.09. The van der Waals surface area contributed by atoms with E-state index in [1.807, 2.05) is 21.1 Å². The molecule has 1 unspecified atom stereocenters. The molecular formula is C12H18ClFN2. The van der Waals surface area contributed by atoms with Crippen molar-refractivity contribution in [2.45, 2.75) is 12.5 Å². The summed E-state index contributed by atoms with van der Waals surface area (Å²) in [5, 5.41) is 3.43. The third-order valence-electron chi connectivity index (χ3n) is 2.46. The van der Waals surface area contributed by atoms with Crippen LogP contribution in [0.2, 0.25) is 5.02 Å². The van der Waals surface area contributed by atoms with E-state index in [0.717, 1.165) is 18.5 Å². The normalized spacial score (nSPS) is 13.1. The van der Waals surface area contributed by atoms with E-state index in [0.29, 0.717) is 6.04 Å². The molecule has 0 saturated carbocycles. The van der Waals surface area contributed by atoms with Gasteiger partial charge in [0.05, 0.1) is 5.02 Å². The lowest BCUT2D eigenvalue weighted by Crippen LogP contribution is -2.37. The van der Waals surface area contributed by atoms with Crippen LogP contribution in [0.3, 0.4) is 0 Å². The second-order valence-electron chi connectivity index (χ2n) is 4.20. The first-order valence-corrected chi connectivity index (χ1v) is 5.66. The van der Waals surface area contributed by atoms with Gasteiger partial charge in [-0.15, -0.1) is 0 Å². The van der Waals surface area contributed by atoms with Crippen LogP contribution >= 0.6 is 11.6 Å². The SMILES string of the molecule is CNC(Cc1ccc(F)c(Cl)c1)CN(C)C. The smallest absolute Gasteiger partial charge is 0.141 e. The Balaban J connectivity index is 2.66. The fourth-order valence-corrected chi connectivity index (χ4v) is 1.85. The van der Waals surface area contributed by atoms with E-state index in [4.69, 9.17) is 11.6 Å². The van der Waals surface area contributed by atoms with E-state index in [1.54, 1.807) is 12.1 Å². The maximum Gasteiger partial charge on any atom is 0.141 e. The molecule has 1 N–H and O–H groups in total. The minimum absolute atomic E-state index is 0.192. The Labute approximate surface area is 101 Å². The maximum atomic E-state index is 13.0. The Morgan fingerprint density at radius 2 is 2.12 bits per heavy atom. The zero-order valence-electron chi connectivity index (χ0n) is 9.93. The number of nitrogens with zero attached hydrogens (tertiary/aromatic N) is 1. The van der Waals surface area contributed by atoms with Crippen molar-refractivity contribution in [1.82, 2.24) is 10.2 Å². The second kappa shape index (κ2) is 6.18. The third kappa shape index (κ3) is 4.08. The van der Waals surface area contributed by atoms with Crippen molar-refractivity contribution in [2.24, 2.45) is 0 Å². The third-order valence-corrected chi connectivity index (χ3v) is 2.75. The number of nitrogens with one attached hydrogen (secondary N) is 1. The highest BCUT2D eigenvalue weighted by molar-refractivity contribution is 6.30. The zero-order chi connectivity index (χ0) is 12.1. The monoisotopic (exact) mass is 244 g/mol. The predicted molar refractivity (Wildman–Crippen MR) is 66.5 cm³/mol. The van der Waals surface area contributed by atoms with Crippen LogP contribution in [0.5, 0.6) is 0 Å². The molecule has 0 saturated heterocycles. The van der Waals surface area contributed by atoms with Crippen molar-refractivity contribution < 1.29 is 4.39 Å². The Morgan fingerprint density at radius 1 is 1.44 bits per heavy atom. The number of likely N-dealkylation sites (N-methyl/N-ethyl adjacent to an activating group) is 2. The molecule has 1 atom stereocenters. The van der Waals surface area contributed by atoms with Gasteiger partial charge < -0.3 is 10.2 Å². The predicted octanol–water partition coefficient (Wildman–Crippen LogP) is 2.17. The number of rotatable bonds is 5. The molecule has 0 fully saturated rings. The van der Waals surface area contributed by atoms with Crippen molar-refractivity contribution in [3.8, 4) is 0 Å². The van der Waals surface area contributed by atoms with Gasteiger partial charge in [-0.1, -0.05) is 17.7 Å². The molecule has 0 aliphatic carbocycles. The second-order valence-corrected chi connectivity index (χ2v) is 4.61. The molecule has 0 amide bonds. The summed E-state index contributed by atoms with van der Waals surface area (Å²) in [6.07, 6.45) is 0.842.